The summed E-state index contributed by atoms with van der Waals surface area (Å²) < 4.78 is 1.17. The van der Waals surface area contributed by atoms with Gasteiger partial charge in [0.2, 0.25) is 0 Å². The van der Waals surface area contributed by atoms with E-state index in [2.05, 4.69) is 32.6 Å². The molecule has 0 radical (unpaired) electrons. The third-order valence-electron chi connectivity index (χ3n) is 2.05. The molecule has 2 aromatic rings. The number of nitrogens with two attached hydrogens (primary N) is 1. The van der Waals surface area contributed by atoms with Crippen LogP contribution in [0.5, 0.6) is 0 Å². The first-order valence-corrected chi connectivity index (χ1v) is 5.21. The molecular formula is C9H10IN3. The fourth-order valence-corrected chi connectivity index (χ4v) is 2.30. The highest BCUT2D eigenvalue weighted by atomic mass is 127. The second-order valence-electron chi connectivity index (χ2n) is 2.88. The molecule has 0 spiro atoms. The molecule has 2 heterocycles. The maximum absolute atomic E-state index is 5.54. The van der Waals surface area contributed by atoms with Gasteiger partial charge in [0, 0.05) is 23.3 Å². The van der Waals surface area contributed by atoms with Crippen molar-refractivity contribution in [1.82, 2.24) is 9.97 Å². The van der Waals surface area contributed by atoms with E-state index in [9.17, 15) is 0 Å². The Morgan fingerprint density at radius 1 is 1.54 bits per heavy atom. The Bertz CT molecular complexity index is 422. The maximum atomic E-state index is 5.54. The number of halogens is 1. The molecule has 13 heavy (non-hydrogen) atoms. The summed E-state index contributed by atoms with van der Waals surface area (Å²) in [6, 6.07) is 1.98. The second-order valence-corrected chi connectivity index (χ2v) is 3.96. The average molecular weight is 287 g/mol. The molecule has 0 saturated heterocycles. The lowest BCUT2D eigenvalue weighted by Gasteiger charge is -1.95. The van der Waals surface area contributed by atoms with Crippen LogP contribution >= 0.6 is 22.6 Å². The van der Waals surface area contributed by atoms with Crippen molar-refractivity contribution in [3.8, 4) is 0 Å². The fraction of sp³-hybridized carbons (Fsp3) is 0.222. The number of rotatable bonds is 2. The molecule has 3 N–H and O–H groups in total. The first-order chi connectivity index (χ1) is 6.33. The van der Waals surface area contributed by atoms with Crippen molar-refractivity contribution in [2.45, 2.75) is 6.42 Å². The fourth-order valence-electron chi connectivity index (χ4n) is 1.44. The highest BCUT2D eigenvalue weighted by Gasteiger charge is 2.07. The van der Waals surface area contributed by atoms with E-state index < -0.39 is 0 Å². The summed E-state index contributed by atoms with van der Waals surface area (Å²) in [5, 5.41) is 1.19. The molecule has 3 nitrogen and oxygen atoms in total. The molecule has 2 aromatic heterocycles. The number of pyridine rings is 1. The van der Waals surface area contributed by atoms with E-state index in [0.717, 1.165) is 11.9 Å². The van der Waals surface area contributed by atoms with Gasteiger partial charge in [0.05, 0.1) is 3.70 Å². The number of H-pyrrole nitrogens is 1. The number of nitrogens with one attached hydrogen (secondary N) is 1. The molecule has 0 fully saturated rings. The number of aromatic amines is 1. The van der Waals surface area contributed by atoms with Crippen molar-refractivity contribution in [1.29, 1.82) is 0 Å². The molecule has 0 aliphatic heterocycles. The normalized spacial score (nSPS) is 10.9. The molecular weight excluding hydrogens is 277 g/mol. The minimum atomic E-state index is 0.678. The van der Waals surface area contributed by atoms with Gasteiger partial charge in [0.25, 0.3) is 0 Å². The zero-order chi connectivity index (χ0) is 9.26. The number of hydrogen-bond donors (Lipinski definition) is 2. The van der Waals surface area contributed by atoms with Crippen molar-refractivity contribution < 1.29 is 0 Å². The van der Waals surface area contributed by atoms with Gasteiger partial charge >= 0.3 is 0 Å². The van der Waals surface area contributed by atoms with Crippen molar-refractivity contribution in [3.05, 3.63) is 27.7 Å². The second kappa shape index (κ2) is 3.63. The van der Waals surface area contributed by atoms with E-state index in [1.54, 1.807) is 6.20 Å². The van der Waals surface area contributed by atoms with Crippen LogP contribution in [0.2, 0.25) is 0 Å². The zero-order valence-electron chi connectivity index (χ0n) is 7.05. The van der Waals surface area contributed by atoms with Crippen LogP contribution in [-0.4, -0.2) is 16.5 Å². The lowest BCUT2D eigenvalue weighted by atomic mass is 10.2. The van der Waals surface area contributed by atoms with Crippen LogP contribution in [-0.2, 0) is 6.42 Å². The third-order valence-corrected chi connectivity index (χ3v) is 2.97. The standard InChI is InChI=1S/C9H10IN3/c10-9-6(1-3-11)7-5-12-4-2-8(7)13-9/h2,4-5,13H,1,3,11H2. The summed E-state index contributed by atoms with van der Waals surface area (Å²) in [6.45, 7) is 0.678. The van der Waals surface area contributed by atoms with Gasteiger partial charge in [0.1, 0.15) is 0 Å². The molecule has 0 aliphatic rings. The Labute approximate surface area is 89.9 Å². The molecule has 0 aliphatic carbocycles. The number of fused-ring (bicyclic) bond motifs is 1. The monoisotopic (exact) mass is 287 g/mol. The van der Waals surface area contributed by atoms with Gasteiger partial charge < -0.3 is 10.7 Å². The third kappa shape index (κ3) is 1.55. The number of hydrogen-bond acceptors (Lipinski definition) is 2. The zero-order valence-corrected chi connectivity index (χ0v) is 9.21. The van der Waals surface area contributed by atoms with Crippen LogP contribution in [0.15, 0.2) is 18.5 Å². The van der Waals surface area contributed by atoms with Gasteiger partial charge in [-0.1, -0.05) is 0 Å². The van der Waals surface area contributed by atoms with Crippen molar-refractivity contribution >= 4 is 33.5 Å². The van der Waals surface area contributed by atoms with Gasteiger partial charge in [0.15, 0.2) is 0 Å². The Kier molecular flexibility index (Phi) is 2.50. The maximum Gasteiger partial charge on any atom is 0.0816 e. The molecule has 0 aromatic carbocycles. The van der Waals surface area contributed by atoms with Crippen molar-refractivity contribution in [2.75, 3.05) is 6.54 Å². The van der Waals surface area contributed by atoms with E-state index in [0.29, 0.717) is 6.54 Å². The van der Waals surface area contributed by atoms with Gasteiger partial charge in [-0.3, -0.25) is 4.98 Å². The average Bonchev–Trinajstić information content (AvgIpc) is 2.44. The van der Waals surface area contributed by atoms with Gasteiger partial charge in [-0.15, -0.1) is 0 Å². The lowest BCUT2D eigenvalue weighted by Crippen LogP contribution is -2.03. The quantitative estimate of drug-likeness (QED) is 0.825. The molecule has 68 valence electrons. The highest BCUT2D eigenvalue weighted by Crippen LogP contribution is 2.22. The largest absolute Gasteiger partial charge is 0.350 e. The summed E-state index contributed by atoms with van der Waals surface area (Å²) in [4.78, 5) is 7.41. The predicted molar refractivity (Wildman–Crippen MR) is 61.6 cm³/mol. The van der Waals surface area contributed by atoms with E-state index in [4.69, 9.17) is 5.73 Å². The smallest absolute Gasteiger partial charge is 0.0816 e. The SMILES string of the molecule is NCCc1c(I)[nH]c2ccncc12. The van der Waals surface area contributed by atoms with Crippen LogP contribution in [0.4, 0.5) is 0 Å². The molecule has 4 heteroatoms. The lowest BCUT2D eigenvalue weighted by molar-refractivity contribution is 0.969. The Morgan fingerprint density at radius 2 is 2.38 bits per heavy atom. The minimum absolute atomic E-state index is 0.678. The van der Waals surface area contributed by atoms with Crippen molar-refractivity contribution in [2.24, 2.45) is 5.73 Å². The Balaban J connectivity index is 2.64. The molecule has 0 amide bonds. The van der Waals surface area contributed by atoms with Gasteiger partial charge in [-0.2, -0.15) is 0 Å². The highest BCUT2D eigenvalue weighted by molar-refractivity contribution is 14.1. The molecule has 0 bridgehead atoms. The van der Waals surface area contributed by atoms with Crippen LogP contribution < -0.4 is 5.73 Å². The summed E-state index contributed by atoms with van der Waals surface area (Å²) in [6.07, 6.45) is 4.59. The summed E-state index contributed by atoms with van der Waals surface area (Å²) in [5.74, 6) is 0. The van der Waals surface area contributed by atoms with Gasteiger partial charge in [-0.05, 0) is 47.2 Å². The molecule has 0 saturated carbocycles. The summed E-state index contributed by atoms with van der Waals surface area (Å²) in [7, 11) is 0. The first kappa shape index (κ1) is 8.96. The first-order valence-electron chi connectivity index (χ1n) is 4.13. The van der Waals surface area contributed by atoms with E-state index in [1.807, 2.05) is 12.3 Å². The molecule has 0 atom stereocenters. The Hall–Kier alpha value is -0.620. The number of aromatic nitrogens is 2. The topological polar surface area (TPSA) is 54.7 Å². The van der Waals surface area contributed by atoms with Crippen molar-refractivity contribution in [3.63, 3.8) is 0 Å². The summed E-state index contributed by atoms with van der Waals surface area (Å²) in [5.41, 5.74) is 7.97. The van der Waals surface area contributed by atoms with Crippen LogP contribution in [0.1, 0.15) is 5.56 Å². The molecule has 2 rings (SSSR count). The Morgan fingerprint density at radius 3 is 3.15 bits per heavy atom. The van der Waals surface area contributed by atoms with Crippen LogP contribution in [0.25, 0.3) is 10.9 Å². The predicted octanol–water partition coefficient (Wildman–Crippen LogP) is 1.67. The van der Waals surface area contributed by atoms with E-state index in [-0.39, 0.29) is 0 Å². The van der Waals surface area contributed by atoms with Gasteiger partial charge in [-0.25, -0.2) is 0 Å². The van der Waals surface area contributed by atoms with Crippen LogP contribution in [0.3, 0.4) is 0 Å². The van der Waals surface area contributed by atoms with E-state index in [1.165, 1.54) is 14.7 Å². The summed E-state index contributed by atoms with van der Waals surface area (Å²) >= 11 is 2.30. The molecule has 0 unspecified atom stereocenters. The van der Waals surface area contributed by atoms with E-state index >= 15 is 0 Å². The van der Waals surface area contributed by atoms with Crippen LogP contribution in [0, 0.1) is 3.70 Å². The number of nitrogens with zero attached hydrogens (tertiary/aromatic N) is 1. The minimum Gasteiger partial charge on any atom is -0.350 e.